The lowest BCUT2D eigenvalue weighted by molar-refractivity contribution is -0.0283. The van der Waals surface area contributed by atoms with Crippen molar-refractivity contribution >= 4 is 0 Å². The smallest absolute Gasteiger partial charge is 0.0867 e. The number of rotatable bonds is 6. The number of nitrogens with one attached hydrogen (secondary N) is 1. The third kappa shape index (κ3) is 4.05. The topological polar surface area (TPSA) is 30.5 Å². The second-order valence-corrected chi connectivity index (χ2v) is 5.75. The van der Waals surface area contributed by atoms with Gasteiger partial charge >= 0.3 is 0 Å². The van der Waals surface area contributed by atoms with Crippen molar-refractivity contribution in [1.29, 1.82) is 0 Å². The molecule has 0 saturated carbocycles. The van der Waals surface area contributed by atoms with Gasteiger partial charge in [-0.3, -0.25) is 0 Å². The average Bonchev–Trinajstić information content (AvgIpc) is 2.47. The van der Waals surface area contributed by atoms with Gasteiger partial charge in [0.25, 0.3) is 0 Å². The van der Waals surface area contributed by atoms with E-state index >= 15 is 0 Å². The second-order valence-electron chi connectivity index (χ2n) is 5.75. The molecule has 0 aromatic heterocycles. The van der Waals surface area contributed by atoms with E-state index in [1.807, 2.05) is 0 Å². The predicted octanol–water partition coefficient (Wildman–Crippen LogP) is 3.01. The highest BCUT2D eigenvalue weighted by molar-refractivity contribution is 5.33. The minimum absolute atomic E-state index is 0.235. The third-order valence-corrected chi connectivity index (χ3v) is 4.08. The lowest BCUT2D eigenvalue weighted by Crippen LogP contribution is -2.33. The normalized spacial score (nSPS) is 22.9. The summed E-state index contributed by atoms with van der Waals surface area (Å²) in [7, 11) is 1.74. The molecule has 1 aromatic carbocycles. The second kappa shape index (κ2) is 7.77. The molecule has 1 N–H and O–H groups in total. The van der Waals surface area contributed by atoms with E-state index in [2.05, 4.69) is 37.4 Å². The predicted molar refractivity (Wildman–Crippen MR) is 82.1 cm³/mol. The van der Waals surface area contributed by atoms with Crippen LogP contribution in [0.3, 0.4) is 0 Å². The lowest BCUT2D eigenvalue weighted by Gasteiger charge is -2.33. The quantitative estimate of drug-likeness (QED) is 0.811. The summed E-state index contributed by atoms with van der Waals surface area (Å²) < 4.78 is 11.2. The fourth-order valence-electron chi connectivity index (χ4n) is 2.92. The summed E-state index contributed by atoms with van der Waals surface area (Å²) in [4.78, 5) is 0. The first-order chi connectivity index (χ1) is 9.72. The van der Waals surface area contributed by atoms with Crippen LogP contribution in [0.15, 0.2) is 18.2 Å². The zero-order valence-electron chi connectivity index (χ0n) is 12.9. The molecule has 1 aliphatic rings. The van der Waals surface area contributed by atoms with E-state index in [1.165, 1.54) is 23.1 Å². The maximum absolute atomic E-state index is 6.10. The Morgan fingerprint density at radius 3 is 3.00 bits per heavy atom. The van der Waals surface area contributed by atoms with E-state index in [0.29, 0.717) is 5.92 Å². The van der Waals surface area contributed by atoms with E-state index in [9.17, 15) is 0 Å². The molecule has 1 saturated heterocycles. The molecule has 112 valence electrons. The van der Waals surface area contributed by atoms with Crippen LogP contribution in [0.5, 0.6) is 0 Å². The van der Waals surface area contributed by atoms with Crippen molar-refractivity contribution in [2.45, 2.75) is 32.8 Å². The molecule has 1 aliphatic heterocycles. The minimum atomic E-state index is 0.235. The van der Waals surface area contributed by atoms with Gasteiger partial charge in [-0.15, -0.1) is 0 Å². The first kappa shape index (κ1) is 15.5. The molecule has 0 bridgehead atoms. The maximum Gasteiger partial charge on any atom is 0.0867 e. The molecule has 3 heteroatoms. The van der Waals surface area contributed by atoms with Crippen molar-refractivity contribution in [3.8, 4) is 0 Å². The number of benzene rings is 1. The summed E-state index contributed by atoms with van der Waals surface area (Å²) in [5.41, 5.74) is 4.01. The van der Waals surface area contributed by atoms with E-state index in [0.717, 1.165) is 32.7 Å². The zero-order chi connectivity index (χ0) is 14.4. The monoisotopic (exact) mass is 277 g/mol. The molecule has 1 heterocycles. The van der Waals surface area contributed by atoms with E-state index in [1.54, 1.807) is 7.11 Å². The number of hydrogen-bond donors (Lipinski definition) is 1. The lowest BCUT2D eigenvalue weighted by atomic mass is 9.87. The highest BCUT2D eigenvalue weighted by Gasteiger charge is 2.28. The van der Waals surface area contributed by atoms with Crippen LogP contribution in [0.4, 0.5) is 0 Å². The van der Waals surface area contributed by atoms with Crippen LogP contribution < -0.4 is 5.32 Å². The molecule has 0 spiro atoms. The van der Waals surface area contributed by atoms with Crippen molar-refractivity contribution in [3.63, 3.8) is 0 Å². The van der Waals surface area contributed by atoms with Gasteiger partial charge < -0.3 is 14.8 Å². The fourth-order valence-corrected chi connectivity index (χ4v) is 2.92. The zero-order valence-corrected chi connectivity index (χ0v) is 12.9. The summed E-state index contributed by atoms with van der Waals surface area (Å²) in [6, 6.07) is 6.67. The molecule has 3 nitrogen and oxygen atoms in total. The highest BCUT2D eigenvalue weighted by Crippen LogP contribution is 2.35. The summed E-state index contributed by atoms with van der Waals surface area (Å²) in [6.45, 7) is 7.89. The van der Waals surface area contributed by atoms with Crippen molar-refractivity contribution in [3.05, 3.63) is 34.9 Å². The Labute approximate surface area is 122 Å². The van der Waals surface area contributed by atoms with Gasteiger partial charge in [-0.25, -0.2) is 0 Å². The van der Waals surface area contributed by atoms with Gasteiger partial charge in [0.05, 0.1) is 12.7 Å². The molecule has 2 unspecified atom stereocenters. The van der Waals surface area contributed by atoms with Crippen LogP contribution in [0, 0.1) is 19.8 Å². The van der Waals surface area contributed by atoms with Gasteiger partial charge in [0.15, 0.2) is 0 Å². The fraction of sp³-hybridized carbons (Fsp3) is 0.647. The Morgan fingerprint density at radius 1 is 1.35 bits per heavy atom. The Morgan fingerprint density at radius 2 is 2.20 bits per heavy atom. The molecule has 1 fully saturated rings. The van der Waals surface area contributed by atoms with Crippen molar-refractivity contribution in [2.75, 3.05) is 33.4 Å². The number of methoxy groups -OCH3 is 1. The van der Waals surface area contributed by atoms with Crippen LogP contribution in [0.25, 0.3) is 0 Å². The van der Waals surface area contributed by atoms with Gasteiger partial charge in [0.1, 0.15) is 0 Å². The third-order valence-electron chi connectivity index (χ3n) is 4.08. The van der Waals surface area contributed by atoms with Gasteiger partial charge in [-0.1, -0.05) is 23.8 Å². The molecule has 0 amide bonds. The minimum Gasteiger partial charge on any atom is -0.383 e. The summed E-state index contributed by atoms with van der Waals surface area (Å²) in [5.74, 6) is 0.557. The number of hydrogen-bond acceptors (Lipinski definition) is 3. The standard InChI is InChI=1S/C17H27NO2/c1-13-6-7-14(2)16(11-13)17-15(5-4-9-20-17)12-18-8-10-19-3/h6-7,11,15,17-18H,4-5,8-10,12H2,1-3H3. The summed E-state index contributed by atoms with van der Waals surface area (Å²) in [5, 5.41) is 3.48. The van der Waals surface area contributed by atoms with Crippen LogP contribution in [-0.4, -0.2) is 33.4 Å². The van der Waals surface area contributed by atoms with Crippen LogP contribution in [0.1, 0.15) is 35.6 Å². The summed E-state index contributed by atoms with van der Waals surface area (Å²) in [6.07, 6.45) is 2.63. The molecule has 1 aromatic rings. The van der Waals surface area contributed by atoms with Gasteiger partial charge in [0.2, 0.25) is 0 Å². The first-order valence-corrected chi connectivity index (χ1v) is 7.60. The Hall–Kier alpha value is -0.900. The highest BCUT2D eigenvalue weighted by atomic mass is 16.5. The van der Waals surface area contributed by atoms with E-state index in [4.69, 9.17) is 9.47 Å². The van der Waals surface area contributed by atoms with Gasteiger partial charge in [-0.05, 0) is 37.8 Å². The van der Waals surface area contributed by atoms with Gasteiger partial charge in [0, 0.05) is 32.7 Å². The average molecular weight is 277 g/mol. The molecule has 0 aliphatic carbocycles. The van der Waals surface area contributed by atoms with E-state index in [-0.39, 0.29) is 6.10 Å². The summed E-state index contributed by atoms with van der Waals surface area (Å²) >= 11 is 0. The van der Waals surface area contributed by atoms with Crippen LogP contribution in [-0.2, 0) is 9.47 Å². The Bertz CT molecular complexity index is 419. The first-order valence-electron chi connectivity index (χ1n) is 7.60. The van der Waals surface area contributed by atoms with Crippen LogP contribution in [0.2, 0.25) is 0 Å². The van der Waals surface area contributed by atoms with Crippen molar-refractivity contribution in [1.82, 2.24) is 5.32 Å². The molecular formula is C17H27NO2. The maximum atomic E-state index is 6.10. The molecule has 2 atom stereocenters. The van der Waals surface area contributed by atoms with Crippen LogP contribution >= 0.6 is 0 Å². The largest absolute Gasteiger partial charge is 0.383 e. The molecular weight excluding hydrogens is 250 g/mol. The Balaban J connectivity index is 2.04. The number of ether oxygens (including phenoxy) is 2. The van der Waals surface area contributed by atoms with E-state index < -0.39 is 0 Å². The van der Waals surface area contributed by atoms with Crippen molar-refractivity contribution in [2.24, 2.45) is 5.92 Å². The molecule has 20 heavy (non-hydrogen) atoms. The van der Waals surface area contributed by atoms with Crippen molar-refractivity contribution < 1.29 is 9.47 Å². The van der Waals surface area contributed by atoms with Gasteiger partial charge in [-0.2, -0.15) is 0 Å². The molecule has 0 radical (unpaired) electrons. The SMILES string of the molecule is COCCNCC1CCCOC1c1cc(C)ccc1C. The molecule has 2 rings (SSSR count). The number of aryl methyl sites for hydroxylation is 2. The Kier molecular flexibility index (Phi) is 6.02.